The number of carbonyl (C=O) groups is 1. The topological polar surface area (TPSA) is 67.3 Å². The van der Waals surface area contributed by atoms with Crippen molar-refractivity contribution < 1.29 is 22.7 Å². The summed E-state index contributed by atoms with van der Waals surface area (Å²) in [6, 6.07) is 1.60. The molecule has 2 aliphatic rings. The van der Waals surface area contributed by atoms with Gasteiger partial charge in [0.1, 0.15) is 17.6 Å². The molecule has 1 N–H and O–H groups in total. The average molecular weight is 406 g/mol. The number of hydrogen-bond donors (Lipinski definition) is 1. The molecule has 0 unspecified atom stereocenters. The lowest BCUT2D eigenvalue weighted by molar-refractivity contribution is -0.117. The van der Waals surface area contributed by atoms with Gasteiger partial charge >= 0.3 is 0 Å². The summed E-state index contributed by atoms with van der Waals surface area (Å²) >= 11 is 0. The second-order valence-electron chi connectivity index (χ2n) is 7.65. The summed E-state index contributed by atoms with van der Waals surface area (Å²) in [5.74, 6) is -2.23. The third-order valence-electron chi connectivity index (χ3n) is 5.56. The highest BCUT2D eigenvalue weighted by Gasteiger charge is 2.32. The predicted octanol–water partition coefficient (Wildman–Crippen LogP) is 3.21. The van der Waals surface area contributed by atoms with Crippen LogP contribution in [-0.2, 0) is 22.6 Å². The number of aromatic nitrogens is 2. The number of nitrogens with one attached hydrogen (secondary N) is 1. The Bertz CT molecular complexity index is 926. The van der Waals surface area contributed by atoms with Crippen LogP contribution in [0.25, 0.3) is 0 Å². The van der Waals surface area contributed by atoms with Gasteiger partial charge in [-0.2, -0.15) is 0 Å². The Hall–Kier alpha value is -2.68. The van der Waals surface area contributed by atoms with Crippen LogP contribution in [0.4, 0.5) is 24.7 Å². The molecule has 29 heavy (non-hydrogen) atoms. The third-order valence-corrected chi connectivity index (χ3v) is 5.56. The average Bonchev–Trinajstić information content (AvgIpc) is 2.66. The molecule has 1 aliphatic heterocycles. The maximum Gasteiger partial charge on any atom is 0.246 e. The third kappa shape index (κ3) is 3.91. The molecule has 0 saturated heterocycles. The van der Waals surface area contributed by atoms with E-state index in [9.17, 15) is 18.0 Å². The molecule has 154 valence electrons. The Kier molecular flexibility index (Phi) is 5.16. The summed E-state index contributed by atoms with van der Waals surface area (Å²) in [4.78, 5) is 22.6. The minimum atomic E-state index is -1.47. The monoisotopic (exact) mass is 406 g/mol. The number of rotatable bonds is 5. The van der Waals surface area contributed by atoms with Crippen LogP contribution >= 0.6 is 0 Å². The van der Waals surface area contributed by atoms with Gasteiger partial charge in [-0.3, -0.25) is 4.79 Å². The van der Waals surface area contributed by atoms with Crippen molar-refractivity contribution in [3.05, 3.63) is 47.2 Å². The SMILES string of the molecule is C[C@H]1C(=O)Nc2cnc(CC3CC(OCc4cc(F)c(F)c(F)c4)C3)nc2N1C. The maximum atomic E-state index is 13.2. The molecule has 0 bridgehead atoms. The quantitative estimate of drug-likeness (QED) is 0.773. The lowest BCUT2D eigenvalue weighted by Gasteiger charge is -2.35. The van der Waals surface area contributed by atoms with Crippen LogP contribution in [0.3, 0.4) is 0 Å². The van der Waals surface area contributed by atoms with Gasteiger partial charge in [-0.25, -0.2) is 23.1 Å². The number of fused-ring (bicyclic) bond motifs is 1. The molecule has 1 aromatic carbocycles. The molecule has 9 heteroatoms. The first-order valence-electron chi connectivity index (χ1n) is 9.46. The van der Waals surface area contributed by atoms with Crippen molar-refractivity contribution in [2.75, 3.05) is 17.3 Å². The number of likely N-dealkylation sites (N-methyl/N-ethyl adjacent to an activating group) is 1. The van der Waals surface area contributed by atoms with Crippen LogP contribution in [0, 0.1) is 23.4 Å². The molecule has 1 aliphatic carbocycles. The Morgan fingerprint density at radius 1 is 1.24 bits per heavy atom. The van der Waals surface area contributed by atoms with Gasteiger partial charge in [0.05, 0.1) is 18.9 Å². The molecule has 0 radical (unpaired) electrons. The van der Waals surface area contributed by atoms with Crippen molar-refractivity contribution in [3.63, 3.8) is 0 Å². The van der Waals surface area contributed by atoms with E-state index in [-0.39, 0.29) is 30.2 Å². The largest absolute Gasteiger partial charge is 0.374 e. The Balaban J connectivity index is 1.30. The fraction of sp³-hybridized carbons (Fsp3) is 0.450. The van der Waals surface area contributed by atoms with Crippen molar-refractivity contribution in [1.82, 2.24) is 9.97 Å². The van der Waals surface area contributed by atoms with Crippen LogP contribution in [-0.4, -0.2) is 35.1 Å². The highest BCUT2D eigenvalue weighted by atomic mass is 19.2. The van der Waals surface area contributed by atoms with Crippen LogP contribution in [0.5, 0.6) is 0 Å². The summed E-state index contributed by atoms with van der Waals surface area (Å²) in [7, 11) is 1.83. The molecule has 1 fully saturated rings. The molecule has 4 rings (SSSR count). The summed E-state index contributed by atoms with van der Waals surface area (Å²) in [5.41, 5.74) is 0.870. The Morgan fingerprint density at radius 3 is 2.62 bits per heavy atom. The van der Waals surface area contributed by atoms with E-state index in [0.717, 1.165) is 25.0 Å². The summed E-state index contributed by atoms with van der Waals surface area (Å²) in [6.45, 7) is 1.84. The number of anilines is 2. The molecule has 1 amide bonds. The Morgan fingerprint density at radius 2 is 1.93 bits per heavy atom. The van der Waals surface area contributed by atoms with Crippen LogP contribution in [0.2, 0.25) is 0 Å². The first kappa shape index (κ1) is 19.6. The summed E-state index contributed by atoms with van der Waals surface area (Å²) < 4.78 is 45.1. The number of amides is 1. The zero-order valence-corrected chi connectivity index (χ0v) is 16.1. The number of hydrogen-bond acceptors (Lipinski definition) is 5. The van der Waals surface area contributed by atoms with Gasteiger partial charge in [-0.15, -0.1) is 0 Å². The molecule has 2 aromatic rings. The first-order valence-corrected chi connectivity index (χ1v) is 9.46. The van der Waals surface area contributed by atoms with Crippen LogP contribution in [0.1, 0.15) is 31.2 Å². The molecular formula is C20H21F3N4O2. The first-order chi connectivity index (χ1) is 13.8. The van der Waals surface area contributed by atoms with E-state index in [4.69, 9.17) is 4.74 Å². The van der Waals surface area contributed by atoms with Crippen molar-refractivity contribution in [2.45, 2.75) is 44.9 Å². The molecule has 2 heterocycles. The molecular weight excluding hydrogens is 385 g/mol. The number of ether oxygens (including phenoxy) is 1. The zero-order valence-electron chi connectivity index (χ0n) is 16.1. The molecule has 6 nitrogen and oxygen atoms in total. The van der Waals surface area contributed by atoms with Gasteiger partial charge in [0.15, 0.2) is 23.3 Å². The minimum Gasteiger partial charge on any atom is -0.374 e. The minimum absolute atomic E-state index is 0.0178. The normalized spacial score (nSPS) is 23.4. The van der Waals surface area contributed by atoms with E-state index in [1.54, 1.807) is 6.20 Å². The van der Waals surface area contributed by atoms with Gasteiger partial charge in [-0.05, 0) is 43.4 Å². The number of carbonyl (C=O) groups excluding carboxylic acids is 1. The second kappa shape index (κ2) is 7.62. The second-order valence-corrected chi connectivity index (χ2v) is 7.65. The van der Waals surface area contributed by atoms with Gasteiger partial charge < -0.3 is 15.0 Å². The van der Waals surface area contributed by atoms with E-state index in [2.05, 4.69) is 15.3 Å². The van der Waals surface area contributed by atoms with Crippen molar-refractivity contribution in [1.29, 1.82) is 0 Å². The Labute approximate surface area is 166 Å². The number of halogens is 3. The fourth-order valence-electron chi connectivity index (χ4n) is 3.60. The van der Waals surface area contributed by atoms with E-state index >= 15 is 0 Å². The van der Waals surface area contributed by atoms with E-state index in [0.29, 0.717) is 29.7 Å². The lowest BCUT2D eigenvalue weighted by atomic mass is 9.80. The summed E-state index contributed by atoms with van der Waals surface area (Å²) in [6.07, 6.45) is 3.87. The molecule has 1 atom stereocenters. The van der Waals surface area contributed by atoms with Crippen LogP contribution in [0.15, 0.2) is 18.3 Å². The van der Waals surface area contributed by atoms with Crippen molar-refractivity contribution in [2.24, 2.45) is 5.92 Å². The highest BCUT2D eigenvalue weighted by molar-refractivity contribution is 6.02. The van der Waals surface area contributed by atoms with E-state index < -0.39 is 17.5 Å². The van der Waals surface area contributed by atoms with Crippen molar-refractivity contribution in [3.8, 4) is 0 Å². The maximum absolute atomic E-state index is 13.2. The van der Waals surface area contributed by atoms with Gasteiger partial charge in [0.2, 0.25) is 5.91 Å². The van der Waals surface area contributed by atoms with E-state index in [1.165, 1.54) is 0 Å². The van der Waals surface area contributed by atoms with Crippen molar-refractivity contribution >= 4 is 17.4 Å². The van der Waals surface area contributed by atoms with Gasteiger partial charge in [0.25, 0.3) is 0 Å². The predicted molar refractivity (Wildman–Crippen MR) is 99.8 cm³/mol. The molecule has 1 aromatic heterocycles. The smallest absolute Gasteiger partial charge is 0.246 e. The van der Waals surface area contributed by atoms with E-state index in [1.807, 2.05) is 18.9 Å². The van der Waals surface area contributed by atoms with Crippen LogP contribution < -0.4 is 10.2 Å². The highest BCUT2D eigenvalue weighted by Crippen LogP contribution is 2.34. The fourth-order valence-corrected chi connectivity index (χ4v) is 3.60. The van der Waals surface area contributed by atoms with Gasteiger partial charge in [0, 0.05) is 13.5 Å². The standard InChI is InChI=1S/C20H21F3N4O2/c1-10-20(28)25-16-8-24-17(26-19(16)27(10)2)7-11-3-13(4-11)29-9-12-5-14(21)18(23)15(22)6-12/h5-6,8,10-11,13H,3-4,7,9H2,1-2H3,(H,25,28)/t10-,11?,13?/m0/s1. The lowest BCUT2D eigenvalue weighted by Crippen LogP contribution is -2.44. The zero-order chi connectivity index (χ0) is 20.7. The number of nitrogens with zero attached hydrogens (tertiary/aromatic N) is 3. The molecule has 1 saturated carbocycles. The molecule has 0 spiro atoms. The summed E-state index contributed by atoms with van der Waals surface area (Å²) in [5, 5.41) is 2.80. The number of benzene rings is 1. The van der Waals surface area contributed by atoms with Gasteiger partial charge in [-0.1, -0.05) is 0 Å².